The number of hydrogen-bond donors (Lipinski definition) is 2. The topological polar surface area (TPSA) is 138 Å². The van der Waals surface area contributed by atoms with Gasteiger partial charge in [-0.3, -0.25) is 0 Å². The Morgan fingerprint density at radius 1 is 1.13 bits per heavy atom. The lowest BCUT2D eigenvalue weighted by Crippen LogP contribution is -2.12. The molecular formula is C21H19N3O6S. The van der Waals surface area contributed by atoms with Crippen molar-refractivity contribution < 1.29 is 27.5 Å². The zero-order valence-electron chi connectivity index (χ0n) is 16.5. The molecule has 2 heterocycles. The first kappa shape index (κ1) is 20.8. The number of sulfonamides is 1. The molecule has 4 aromatic rings. The summed E-state index contributed by atoms with van der Waals surface area (Å²) in [5.74, 6) is 0.522. The summed E-state index contributed by atoms with van der Waals surface area (Å²) in [6, 6.07) is 14.4. The van der Waals surface area contributed by atoms with Crippen LogP contribution in [-0.2, 0) is 21.3 Å². The van der Waals surface area contributed by atoms with Crippen molar-refractivity contribution in [3.63, 3.8) is 0 Å². The van der Waals surface area contributed by atoms with E-state index in [1.54, 1.807) is 37.4 Å². The molecule has 0 fully saturated rings. The van der Waals surface area contributed by atoms with E-state index in [-0.39, 0.29) is 10.5 Å². The van der Waals surface area contributed by atoms with Gasteiger partial charge in [-0.15, -0.1) is 0 Å². The number of furan rings is 1. The van der Waals surface area contributed by atoms with Crippen LogP contribution in [0.4, 0.5) is 0 Å². The average molecular weight is 441 g/mol. The summed E-state index contributed by atoms with van der Waals surface area (Å²) in [5, 5.41) is 14.3. The highest BCUT2D eigenvalue weighted by molar-refractivity contribution is 7.89. The van der Waals surface area contributed by atoms with Crippen molar-refractivity contribution in [1.29, 1.82) is 0 Å². The molecule has 2 aromatic heterocycles. The summed E-state index contributed by atoms with van der Waals surface area (Å²) in [6.07, 6.45) is 0. The summed E-state index contributed by atoms with van der Waals surface area (Å²) in [6.45, 7) is 0.889. The van der Waals surface area contributed by atoms with Gasteiger partial charge < -0.3 is 18.8 Å². The molecule has 0 saturated heterocycles. The highest BCUT2D eigenvalue weighted by Gasteiger charge is 2.18. The first-order chi connectivity index (χ1) is 14.8. The molecule has 0 bridgehead atoms. The van der Waals surface area contributed by atoms with E-state index < -0.39 is 16.0 Å². The second-order valence-electron chi connectivity index (χ2n) is 6.82. The van der Waals surface area contributed by atoms with Crippen LogP contribution in [0.25, 0.3) is 33.9 Å². The van der Waals surface area contributed by atoms with Crippen molar-refractivity contribution in [2.75, 3.05) is 13.7 Å². The quantitative estimate of drug-likeness (QED) is 0.450. The SMILES string of the molecule is COCCn1c(-c2ccc(-c3ccc(C(=O)O)cc3)o2)nc2cc(S(N)(=O)=O)ccc21. The van der Waals surface area contributed by atoms with Crippen LogP contribution in [0.5, 0.6) is 0 Å². The fourth-order valence-electron chi connectivity index (χ4n) is 3.27. The largest absolute Gasteiger partial charge is 0.478 e. The number of carboxylic acids is 1. The molecule has 9 nitrogen and oxygen atoms in total. The van der Waals surface area contributed by atoms with Crippen LogP contribution in [0, 0.1) is 0 Å². The number of nitrogens with zero attached hydrogens (tertiary/aromatic N) is 2. The number of fused-ring (bicyclic) bond motifs is 1. The number of ether oxygens (including phenoxy) is 1. The highest BCUT2D eigenvalue weighted by atomic mass is 32.2. The third kappa shape index (κ3) is 4.08. The van der Waals surface area contributed by atoms with Crippen LogP contribution >= 0.6 is 0 Å². The van der Waals surface area contributed by atoms with Crippen molar-refractivity contribution >= 4 is 27.0 Å². The van der Waals surface area contributed by atoms with Gasteiger partial charge >= 0.3 is 5.97 Å². The van der Waals surface area contributed by atoms with Crippen molar-refractivity contribution in [2.45, 2.75) is 11.4 Å². The molecule has 0 aliphatic rings. The van der Waals surface area contributed by atoms with Gasteiger partial charge in [0.2, 0.25) is 10.0 Å². The van der Waals surface area contributed by atoms with Gasteiger partial charge in [-0.25, -0.2) is 23.3 Å². The summed E-state index contributed by atoms with van der Waals surface area (Å²) < 4.78 is 36.5. The molecule has 2 aromatic carbocycles. The number of primary sulfonamides is 1. The smallest absolute Gasteiger partial charge is 0.335 e. The van der Waals surface area contributed by atoms with Crippen LogP contribution < -0.4 is 5.14 Å². The predicted molar refractivity (Wildman–Crippen MR) is 113 cm³/mol. The summed E-state index contributed by atoms with van der Waals surface area (Å²) >= 11 is 0. The Balaban J connectivity index is 1.78. The molecule has 0 spiro atoms. The Kier molecular flexibility index (Phi) is 5.36. The Morgan fingerprint density at radius 3 is 2.48 bits per heavy atom. The fourth-order valence-corrected chi connectivity index (χ4v) is 3.81. The molecule has 4 rings (SSSR count). The third-order valence-electron chi connectivity index (χ3n) is 4.81. The van der Waals surface area contributed by atoms with Gasteiger partial charge in [0, 0.05) is 19.2 Å². The zero-order valence-corrected chi connectivity index (χ0v) is 17.3. The first-order valence-electron chi connectivity index (χ1n) is 9.24. The van der Waals surface area contributed by atoms with Gasteiger partial charge in [-0.2, -0.15) is 0 Å². The van der Waals surface area contributed by atoms with Crippen molar-refractivity contribution in [3.8, 4) is 22.9 Å². The number of carboxylic acid groups (broad SMARTS) is 1. The number of methoxy groups -OCH3 is 1. The Morgan fingerprint density at radius 2 is 1.84 bits per heavy atom. The number of aromatic carboxylic acids is 1. The lowest BCUT2D eigenvalue weighted by molar-refractivity contribution is 0.0697. The van der Waals surface area contributed by atoms with Gasteiger partial charge in [0.15, 0.2) is 11.6 Å². The molecule has 0 amide bonds. The van der Waals surface area contributed by atoms with Crippen LogP contribution in [0.1, 0.15) is 10.4 Å². The van der Waals surface area contributed by atoms with Crippen molar-refractivity contribution in [2.24, 2.45) is 5.14 Å². The van der Waals surface area contributed by atoms with E-state index in [4.69, 9.17) is 19.4 Å². The molecule has 0 atom stereocenters. The van der Waals surface area contributed by atoms with E-state index in [0.29, 0.717) is 47.1 Å². The minimum absolute atomic E-state index is 0.0263. The molecule has 0 aliphatic heterocycles. The summed E-state index contributed by atoms with van der Waals surface area (Å²) in [5.41, 5.74) is 2.07. The van der Waals surface area contributed by atoms with E-state index in [1.165, 1.54) is 24.3 Å². The van der Waals surface area contributed by atoms with Crippen molar-refractivity contribution in [1.82, 2.24) is 9.55 Å². The van der Waals surface area contributed by atoms with Crippen LogP contribution in [0.3, 0.4) is 0 Å². The van der Waals surface area contributed by atoms with E-state index >= 15 is 0 Å². The predicted octanol–water partition coefficient (Wildman–Crippen LogP) is 2.96. The van der Waals surface area contributed by atoms with E-state index in [9.17, 15) is 13.2 Å². The van der Waals surface area contributed by atoms with E-state index in [1.807, 2.05) is 4.57 Å². The molecule has 0 unspecified atom stereocenters. The molecule has 0 aliphatic carbocycles. The maximum Gasteiger partial charge on any atom is 0.335 e. The minimum Gasteiger partial charge on any atom is -0.478 e. The van der Waals surface area contributed by atoms with E-state index in [2.05, 4.69) is 4.98 Å². The third-order valence-corrected chi connectivity index (χ3v) is 5.72. The van der Waals surface area contributed by atoms with Crippen LogP contribution in [0.15, 0.2) is 63.9 Å². The van der Waals surface area contributed by atoms with Gasteiger partial charge in [0.05, 0.1) is 28.1 Å². The molecule has 31 heavy (non-hydrogen) atoms. The average Bonchev–Trinajstić information content (AvgIpc) is 3.36. The van der Waals surface area contributed by atoms with Gasteiger partial charge in [-0.1, -0.05) is 12.1 Å². The number of imidazole rings is 1. The monoisotopic (exact) mass is 441 g/mol. The lowest BCUT2D eigenvalue weighted by atomic mass is 10.1. The highest BCUT2D eigenvalue weighted by Crippen LogP contribution is 2.31. The molecular weight excluding hydrogens is 422 g/mol. The number of benzene rings is 2. The molecule has 0 saturated carbocycles. The summed E-state index contributed by atoms with van der Waals surface area (Å²) in [7, 11) is -2.27. The standard InChI is InChI=1S/C21H19N3O6S/c1-29-11-10-24-17-7-6-15(31(22,27)28)12-16(17)23-20(24)19-9-8-18(30-19)13-2-4-14(5-3-13)21(25)26/h2-9,12H,10-11H2,1H3,(H,25,26)(H2,22,27,28). The van der Waals surface area contributed by atoms with Crippen molar-refractivity contribution in [3.05, 3.63) is 60.2 Å². The molecule has 3 N–H and O–H groups in total. The summed E-state index contributed by atoms with van der Waals surface area (Å²) in [4.78, 5) is 15.6. The molecule has 160 valence electrons. The second-order valence-corrected chi connectivity index (χ2v) is 8.38. The number of hydrogen-bond acceptors (Lipinski definition) is 6. The Hall–Kier alpha value is -3.47. The fraction of sp³-hybridized carbons (Fsp3) is 0.143. The maximum atomic E-state index is 11.7. The van der Waals surface area contributed by atoms with Gasteiger partial charge in [-0.05, 0) is 42.5 Å². The molecule has 0 radical (unpaired) electrons. The maximum absolute atomic E-state index is 11.7. The normalized spacial score (nSPS) is 11.8. The van der Waals surface area contributed by atoms with Crippen LogP contribution in [0.2, 0.25) is 0 Å². The lowest BCUT2D eigenvalue weighted by Gasteiger charge is -2.07. The Labute approximate surface area is 177 Å². The zero-order chi connectivity index (χ0) is 22.2. The van der Waals surface area contributed by atoms with E-state index in [0.717, 1.165) is 0 Å². The number of nitrogens with two attached hydrogens (primary N) is 1. The Bertz CT molecular complexity index is 1370. The number of aromatic nitrogens is 2. The van der Waals surface area contributed by atoms with Gasteiger partial charge in [0.1, 0.15) is 5.76 Å². The van der Waals surface area contributed by atoms with Crippen LogP contribution in [-0.4, -0.2) is 42.8 Å². The van der Waals surface area contributed by atoms with Gasteiger partial charge in [0.25, 0.3) is 0 Å². The number of rotatable bonds is 7. The number of carbonyl (C=O) groups is 1. The second kappa shape index (κ2) is 7.99. The minimum atomic E-state index is -3.86. The molecule has 10 heteroatoms. The first-order valence-corrected chi connectivity index (χ1v) is 10.8.